The zero-order chi connectivity index (χ0) is 11.3. The average molecular weight is 201 g/mol. The number of rotatable bonds is 1. The Morgan fingerprint density at radius 2 is 1.47 bits per heavy atom. The van der Waals surface area contributed by atoms with Gasteiger partial charge < -0.3 is 5.32 Å². The highest BCUT2D eigenvalue weighted by atomic mass is 14.8. The van der Waals surface area contributed by atoms with Crippen molar-refractivity contribution in [2.75, 3.05) is 12.4 Å². The van der Waals surface area contributed by atoms with Crippen LogP contribution in [-0.2, 0) is 0 Å². The predicted molar refractivity (Wildman–Crippen MR) is 69.6 cm³/mol. The molecule has 0 unspecified atom stereocenters. The van der Waals surface area contributed by atoms with Gasteiger partial charge in [-0.2, -0.15) is 0 Å². The van der Waals surface area contributed by atoms with Crippen LogP contribution in [0.3, 0.4) is 0 Å². The third-order valence-electron chi connectivity index (χ3n) is 2.28. The Bertz CT molecular complexity index is 432. The van der Waals surface area contributed by atoms with Crippen LogP contribution < -0.4 is 5.32 Å². The summed E-state index contributed by atoms with van der Waals surface area (Å²) in [5.41, 5.74) is 2.47. The van der Waals surface area contributed by atoms with Gasteiger partial charge in [-0.25, -0.2) is 0 Å². The highest BCUT2D eigenvalue weighted by molar-refractivity contribution is 5.86. The van der Waals surface area contributed by atoms with Crippen molar-refractivity contribution in [3.63, 3.8) is 0 Å². The Hall–Kier alpha value is -1.50. The summed E-state index contributed by atoms with van der Waals surface area (Å²) in [4.78, 5) is 0. The summed E-state index contributed by atoms with van der Waals surface area (Å²) in [5.74, 6) is 0. The van der Waals surface area contributed by atoms with E-state index in [0.29, 0.717) is 0 Å². The van der Waals surface area contributed by atoms with Gasteiger partial charge >= 0.3 is 0 Å². The van der Waals surface area contributed by atoms with Gasteiger partial charge in [0.1, 0.15) is 0 Å². The standard InChI is InChI=1S/C12H13N.C2H6/c1-9-3-4-11-8-12(13-2)6-5-10(11)7-9;1-2/h3-8,13H,1-2H3;1-2H3. The Morgan fingerprint density at radius 1 is 0.867 bits per heavy atom. The van der Waals surface area contributed by atoms with Crippen molar-refractivity contribution in [3.8, 4) is 0 Å². The Labute approximate surface area is 92.1 Å². The van der Waals surface area contributed by atoms with Crippen molar-refractivity contribution in [3.05, 3.63) is 42.0 Å². The van der Waals surface area contributed by atoms with Crippen LogP contribution in [0.25, 0.3) is 10.8 Å². The van der Waals surface area contributed by atoms with E-state index >= 15 is 0 Å². The lowest BCUT2D eigenvalue weighted by Crippen LogP contribution is -1.86. The molecule has 1 nitrogen and oxygen atoms in total. The fourth-order valence-corrected chi connectivity index (χ4v) is 1.52. The highest BCUT2D eigenvalue weighted by Gasteiger charge is 1.94. The normalized spacial score (nSPS) is 9.33. The molecule has 1 heteroatoms. The maximum atomic E-state index is 3.13. The number of nitrogens with one attached hydrogen (secondary N) is 1. The summed E-state index contributed by atoms with van der Waals surface area (Å²) in [6, 6.07) is 12.9. The van der Waals surface area contributed by atoms with Crippen molar-refractivity contribution in [2.24, 2.45) is 0 Å². The molecule has 1 N–H and O–H groups in total. The molecule has 2 rings (SSSR count). The summed E-state index contributed by atoms with van der Waals surface area (Å²) in [6.07, 6.45) is 0. The minimum Gasteiger partial charge on any atom is -0.388 e. The van der Waals surface area contributed by atoms with Gasteiger partial charge in [-0.3, -0.25) is 0 Å². The molecule has 0 aliphatic heterocycles. The lowest BCUT2D eigenvalue weighted by atomic mass is 10.1. The third kappa shape index (κ3) is 2.72. The van der Waals surface area contributed by atoms with E-state index in [-0.39, 0.29) is 0 Å². The largest absolute Gasteiger partial charge is 0.388 e. The van der Waals surface area contributed by atoms with Crippen molar-refractivity contribution >= 4 is 16.5 Å². The second-order valence-corrected chi connectivity index (χ2v) is 3.32. The fourth-order valence-electron chi connectivity index (χ4n) is 1.52. The van der Waals surface area contributed by atoms with E-state index in [2.05, 4.69) is 48.6 Å². The van der Waals surface area contributed by atoms with Crippen LogP contribution in [0.4, 0.5) is 5.69 Å². The van der Waals surface area contributed by atoms with Gasteiger partial charge in [0.15, 0.2) is 0 Å². The molecule has 0 amide bonds. The maximum Gasteiger partial charge on any atom is 0.0343 e. The zero-order valence-electron chi connectivity index (χ0n) is 9.96. The Balaban J connectivity index is 0.000000531. The topological polar surface area (TPSA) is 12.0 Å². The van der Waals surface area contributed by atoms with Crippen LogP contribution >= 0.6 is 0 Å². The van der Waals surface area contributed by atoms with Crippen molar-refractivity contribution in [1.29, 1.82) is 0 Å². The van der Waals surface area contributed by atoms with Crippen LogP contribution in [0.2, 0.25) is 0 Å². The Morgan fingerprint density at radius 3 is 2.13 bits per heavy atom. The van der Waals surface area contributed by atoms with Crippen LogP contribution in [0, 0.1) is 6.92 Å². The summed E-state index contributed by atoms with van der Waals surface area (Å²) in [6.45, 7) is 6.12. The molecule has 0 fully saturated rings. The third-order valence-corrected chi connectivity index (χ3v) is 2.28. The molecule has 0 radical (unpaired) electrons. The van der Waals surface area contributed by atoms with Gasteiger partial charge in [0.25, 0.3) is 0 Å². The van der Waals surface area contributed by atoms with Crippen molar-refractivity contribution < 1.29 is 0 Å². The first-order chi connectivity index (χ1) is 7.29. The molecular formula is C14H19N. The number of hydrogen-bond acceptors (Lipinski definition) is 1. The number of hydrogen-bond donors (Lipinski definition) is 1. The second kappa shape index (κ2) is 5.40. The molecule has 0 spiro atoms. The minimum absolute atomic E-state index is 1.16. The number of aryl methyl sites for hydroxylation is 1. The molecule has 0 atom stereocenters. The quantitative estimate of drug-likeness (QED) is 0.728. The van der Waals surface area contributed by atoms with E-state index in [1.54, 1.807) is 0 Å². The first kappa shape index (κ1) is 11.6. The lowest BCUT2D eigenvalue weighted by Gasteiger charge is -2.03. The maximum absolute atomic E-state index is 3.13. The van der Waals surface area contributed by atoms with Gasteiger partial charge in [0.2, 0.25) is 0 Å². The van der Waals surface area contributed by atoms with Crippen LogP contribution in [-0.4, -0.2) is 7.05 Å². The molecule has 80 valence electrons. The highest BCUT2D eigenvalue weighted by Crippen LogP contribution is 2.19. The number of fused-ring (bicyclic) bond motifs is 1. The van der Waals surface area contributed by atoms with Gasteiger partial charge in [0.05, 0.1) is 0 Å². The van der Waals surface area contributed by atoms with Gasteiger partial charge in [-0.15, -0.1) is 0 Å². The molecule has 0 saturated heterocycles. The van der Waals surface area contributed by atoms with E-state index in [1.807, 2.05) is 20.9 Å². The lowest BCUT2D eigenvalue weighted by molar-refractivity contribution is 1.49. The van der Waals surface area contributed by atoms with Crippen molar-refractivity contribution in [2.45, 2.75) is 20.8 Å². The molecule has 15 heavy (non-hydrogen) atoms. The first-order valence-electron chi connectivity index (χ1n) is 5.48. The van der Waals surface area contributed by atoms with E-state index in [1.165, 1.54) is 16.3 Å². The van der Waals surface area contributed by atoms with E-state index < -0.39 is 0 Å². The molecule has 0 saturated carbocycles. The Kier molecular flexibility index (Phi) is 4.17. The molecule has 0 bridgehead atoms. The van der Waals surface area contributed by atoms with Crippen LogP contribution in [0.15, 0.2) is 36.4 Å². The summed E-state index contributed by atoms with van der Waals surface area (Å²) in [5, 5.41) is 5.73. The van der Waals surface area contributed by atoms with E-state index in [4.69, 9.17) is 0 Å². The monoisotopic (exact) mass is 201 g/mol. The SMILES string of the molecule is CC.CNc1ccc2cc(C)ccc2c1. The molecule has 0 aliphatic rings. The number of anilines is 1. The van der Waals surface area contributed by atoms with Crippen LogP contribution in [0.1, 0.15) is 19.4 Å². The second-order valence-electron chi connectivity index (χ2n) is 3.32. The minimum atomic E-state index is 1.16. The summed E-state index contributed by atoms with van der Waals surface area (Å²) >= 11 is 0. The zero-order valence-corrected chi connectivity index (χ0v) is 9.96. The summed E-state index contributed by atoms with van der Waals surface area (Å²) < 4.78 is 0. The predicted octanol–water partition coefficient (Wildman–Crippen LogP) is 4.22. The van der Waals surface area contributed by atoms with E-state index in [0.717, 1.165) is 5.69 Å². The molecule has 2 aromatic rings. The molecule has 0 aliphatic carbocycles. The van der Waals surface area contributed by atoms with Gasteiger partial charge in [-0.05, 0) is 29.8 Å². The van der Waals surface area contributed by atoms with E-state index in [9.17, 15) is 0 Å². The van der Waals surface area contributed by atoms with Gasteiger partial charge in [0, 0.05) is 12.7 Å². The van der Waals surface area contributed by atoms with Crippen LogP contribution in [0.5, 0.6) is 0 Å². The molecule has 0 aromatic heterocycles. The number of benzene rings is 2. The molecule has 2 aromatic carbocycles. The van der Waals surface area contributed by atoms with Gasteiger partial charge in [-0.1, -0.05) is 43.7 Å². The fraction of sp³-hybridized carbons (Fsp3) is 0.286. The molecule has 0 heterocycles. The summed E-state index contributed by atoms with van der Waals surface area (Å²) in [7, 11) is 1.94. The average Bonchev–Trinajstić information content (AvgIpc) is 2.31. The molecular weight excluding hydrogens is 182 g/mol. The van der Waals surface area contributed by atoms with Crippen molar-refractivity contribution in [1.82, 2.24) is 0 Å². The first-order valence-corrected chi connectivity index (χ1v) is 5.48. The smallest absolute Gasteiger partial charge is 0.0343 e.